The molecule has 0 N–H and O–H groups in total. The zero-order chi connectivity index (χ0) is 21.1. The van der Waals surface area contributed by atoms with Gasteiger partial charge in [0.1, 0.15) is 10.3 Å². The number of rotatable bonds is 5. The first-order chi connectivity index (χ1) is 13.9. The summed E-state index contributed by atoms with van der Waals surface area (Å²) in [5.74, 6) is 1.32. The number of amides is 1. The maximum absolute atomic E-state index is 12.6. The van der Waals surface area contributed by atoms with Crippen molar-refractivity contribution < 1.29 is 19.0 Å². The van der Waals surface area contributed by atoms with E-state index >= 15 is 0 Å². The van der Waals surface area contributed by atoms with Crippen molar-refractivity contribution in [3.05, 3.63) is 45.7 Å². The molecule has 0 bridgehead atoms. The molecule has 1 aliphatic heterocycles. The van der Waals surface area contributed by atoms with Crippen molar-refractivity contribution in [2.24, 2.45) is 0 Å². The zero-order valence-electron chi connectivity index (χ0n) is 16.7. The number of halogens is 2. The van der Waals surface area contributed by atoms with Crippen LogP contribution in [0, 0.1) is 0 Å². The van der Waals surface area contributed by atoms with Gasteiger partial charge in [0.05, 0.1) is 27.4 Å². The topological polar surface area (TPSA) is 64.1 Å². The first-order valence-electron chi connectivity index (χ1n) is 8.99. The molecule has 0 radical (unpaired) electrons. The van der Waals surface area contributed by atoms with E-state index in [4.69, 9.17) is 37.4 Å². The molecule has 3 rings (SSSR count). The number of likely N-dealkylation sites (N-methyl/N-ethyl adjacent to an activating group) is 1. The lowest BCUT2D eigenvalue weighted by Crippen LogP contribution is -2.49. The first kappa shape index (κ1) is 21.3. The van der Waals surface area contributed by atoms with E-state index < -0.39 is 6.09 Å². The fraction of sp³-hybridized carbons (Fsp3) is 0.400. The summed E-state index contributed by atoms with van der Waals surface area (Å²) < 4.78 is 16.1. The maximum atomic E-state index is 12.6. The summed E-state index contributed by atoms with van der Waals surface area (Å²) in [6.07, 6.45) is 0.152. The number of aromatic nitrogens is 1. The molecule has 0 spiro atoms. The van der Waals surface area contributed by atoms with Crippen molar-refractivity contribution in [3.63, 3.8) is 0 Å². The molecule has 0 saturated heterocycles. The van der Waals surface area contributed by atoms with Gasteiger partial charge in [0.25, 0.3) is 0 Å². The van der Waals surface area contributed by atoms with Crippen LogP contribution < -0.4 is 14.4 Å². The Hall–Kier alpha value is -2.38. The number of carbonyl (C=O) groups is 1. The highest BCUT2D eigenvalue weighted by atomic mass is 35.5. The van der Waals surface area contributed by atoms with E-state index in [1.54, 1.807) is 31.3 Å². The lowest BCUT2D eigenvalue weighted by Gasteiger charge is -2.39. The molecule has 1 aromatic heterocycles. The molecule has 0 aliphatic carbocycles. The number of hydrogen-bond acceptors (Lipinski definition) is 6. The highest BCUT2D eigenvalue weighted by Gasteiger charge is 2.33. The van der Waals surface area contributed by atoms with Crippen molar-refractivity contribution >= 4 is 35.0 Å². The number of anilines is 1. The van der Waals surface area contributed by atoms with Crippen LogP contribution in [0.4, 0.5) is 10.5 Å². The largest absolute Gasteiger partial charge is 0.493 e. The van der Waals surface area contributed by atoms with Crippen molar-refractivity contribution in [2.45, 2.75) is 19.0 Å². The number of fused-ring (bicyclic) bond motifs is 1. The summed E-state index contributed by atoms with van der Waals surface area (Å²) in [5.41, 5.74) is 2.79. The quantitative estimate of drug-likeness (QED) is 0.655. The molecule has 2 heterocycles. The molecule has 0 fully saturated rings. The summed E-state index contributed by atoms with van der Waals surface area (Å²) in [5, 5.41) is 0.546. The highest BCUT2D eigenvalue weighted by Crippen LogP contribution is 2.41. The highest BCUT2D eigenvalue weighted by molar-refractivity contribution is 6.32. The molecule has 29 heavy (non-hydrogen) atoms. The molecule has 9 heteroatoms. The molecule has 2 aromatic rings. The number of benzene rings is 1. The molecule has 1 aromatic carbocycles. The zero-order valence-corrected chi connectivity index (χ0v) is 18.3. The summed E-state index contributed by atoms with van der Waals surface area (Å²) in [4.78, 5) is 20.3. The summed E-state index contributed by atoms with van der Waals surface area (Å²) >= 11 is 12.1. The van der Waals surface area contributed by atoms with Crippen LogP contribution in [0.3, 0.4) is 0 Å². The monoisotopic (exact) mass is 439 g/mol. The van der Waals surface area contributed by atoms with E-state index in [2.05, 4.69) is 9.88 Å². The van der Waals surface area contributed by atoms with Crippen LogP contribution in [0.25, 0.3) is 0 Å². The fourth-order valence-corrected chi connectivity index (χ4v) is 4.23. The van der Waals surface area contributed by atoms with E-state index in [-0.39, 0.29) is 22.9 Å². The van der Waals surface area contributed by atoms with E-state index in [1.807, 2.05) is 19.2 Å². The van der Waals surface area contributed by atoms with Crippen molar-refractivity contribution in [1.29, 1.82) is 0 Å². The number of methoxy groups -OCH3 is 3. The number of ether oxygens (including phenoxy) is 3. The van der Waals surface area contributed by atoms with Gasteiger partial charge in [0.2, 0.25) is 0 Å². The summed E-state index contributed by atoms with van der Waals surface area (Å²) in [6, 6.07) is 7.10. The van der Waals surface area contributed by atoms with Gasteiger partial charge in [-0.05, 0) is 29.8 Å². The molecular formula is C20H23Cl2N3O4. The Morgan fingerprint density at radius 1 is 1.21 bits per heavy atom. The normalized spacial score (nSPS) is 15.5. The van der Waals surface area contributed by atoms with Crippen molar-refractivity contribution in [3.8, 4) is 11.5 Å². The Kier molecular flexibility index (Phi) is 6.59. The molecule has 0 saturated carbocycles. The van der Waals surface area contributed by atoms with Gasteiger partial charge in [-0.15, -0.1) is 0 Å². The SMILES string of the molecule is COC(=O)N(Cc1cc(Cl)nc(Cl)c1)[C@H]1Cc2c(ccc(OC)c2OC)N(C)C1. The van der Waals surface area contributed by atoms with Gasteiger partial charge in [0, 0.05) is 37.8 Å². The smallest absolute Gasteiger partial charge is 0.410 e. The Bertz CT molecular complexity index is 889. The number of nitrogens with zero attached hydrogens (tertiary/aromatic N) is 3. The Labute approximate surface area is 180 Å². The number of carbonyl (C=O) groups excluding carboxylic acids is 1. The second-order valence-corrected chi connectivity index (χ2v) is 7.53. The van der Waals surface area contributed by atoms with Crippen LogP contribution in [0.1, 0.15) is 11.1 Å². The first-order valence-corrected chi connectivity index (χ1v) is 9.75. The average molecular weight is 440 g/mol. The van der Waals surface area contributed by atoms with Crippen LogP contribution in [0.15, 0.2) is 24.3 Å². The number of pyridine rings is 1. The predicted octanol–water partition coefficient (Wildman–Crippen LogP) is 4.04. The van der Waals surface area contributed by atoms with E-state index in [0.29, 0.717) is 24.5 Å². The standard InChI is InChI=1S/C20H23Cl2N3O4/c1-24-11-13(9-14-15(24)5-6-16(27-2)19(14)28-3)25(20(26)29-4)10-12-7-17(21)23-18(22)8-12/h5-8,13H,9-11H2,1-4H3/t13-/m0/s1. The maximum Gasteiger partial charge on any atom is 0.410 e. The van der Waals surface area contributed by atoms with Gasteiger partial charge in [0.15, 0.2) is 11.5 Å². The van der Waals surface area contributed by atoms with E-state index in [9.17, 15) is 4.79 Å². The van der Waals surface area contributed by atoms with Gasteiger partial charge in [-0.3, -0.25) is 4.90 Å². The molecule has 1 amide bonds. The van der Waals surface area contributed by atoms with Gasteiger partial charge >= 0.3 is 6.09 Å². The Balaban J connectivity index is 1.97. The van der Waals surface area contributed by atoms with E-state index in [1.165, 1.54) is 7.11 Å². The van der Waals surface area contributed by atoms with Crippen LogP contribution in [0.2, 0.25) is 10.3 Å². The van der Waals surface area contributed by atoms with Crippen molar-refractivity contribution in [1.82, 2.24) is 9.88 Å². The third kappa shape index (κ3) is 4.46. The molecule has 7 nitrogen and oxygen atoms in total. The summed E-state index contributed by atoms with van der Waals surface area (Å²) in [7, 11) is 6.56. The van der Waals surface area contributed by atoms with Gasteiger partial charge in [-0.25, -0.2) is 9.78 Å². The average Bonchev–Trinajstić information content (AvgIpc) is 2.69. The van der Waals surface area contributed by atoms with Crippen LogP contribution in [-0.2, 0) is 17.7 Å². The fourth-order valence-electron chi connectivity index (χ4n) is 3.72. The number of hydrogen-bond donors (Lipinski definition) is 0. The molecule has 1 aliphatic rings. The van der Waals surface area contributed by atoms with Gasteiger partial charge in [-0.2, -0.15) is 0 Å². The van der Waals surface area contributed by atoms with Gasteiger partial charge in [-0.1, -0.05) is 23.2 Å². The van der Waals surface area contributed by atoms with Crippen LogP contribution >= 0.6 is 23.2 Å². The molecule has 156 valence electrons. The minimum absolute atomic E-state index is 0.160. The third-order valence-corrected chi connectivity index (χ3v) is 5.37. The minimum atomic E-state index is -0.433. The van der Waals surface area contributed by atoms with E-state index in [0.717, 1.165) is 16.8 Å². The summed E-state index contributed by atoms with van der Waals surface area (Å²) in [6.45, 7) is 0.916. The molecule has 0 unspecified atom stereocenters. The minimum Gasteiger partial charge on any atom is -0.493 e. The lowest BCUT2D eigenvalue weighted by molar-refractivity contribution is 0.101. The third-order valence-electron chi connectivity index (χ3n) is 4.98. The molecular weight excluding hydrogens is 417 g/mol. The van der Waals surface area contributed by atoms with Gasteiger partial charge < -0.3 is 19.1 Å². The van der Waals surface area contributed by atoms with Crippen LogP contribution in [0.5, 0.6) is 11.5 Å². The Morgan fingerprint density at radius 2 is 1.90 bits per heavy atom. The predicted molar refractivity (Wildman–Crippen MR) is 113 cm³/mol. The Morgan fingerprint density at radius 3 is 2.48 bits per heavy atom. The second kappa shape index (κ2) is 8.97. The van der Waals surface area contributed by atoms with Crippen molar-refractivity contribution in [2.75, 3.05) is 39.8 Å². The lowest BCUT2D eigenvalue weighted by atomic mass is 9.95. The molecule has 1 atom stereocenters. The second-order valence-electron chi connectivity index (χ2n) is 6.76. The van der Waals surface area contributed by atoms with Crippen LogP contribution in [-0.4, -0.2) is 56.9 Å².